The standard InChI is InChI=1S/C18H19ClFNO2S/c1-21(10-14-15(19)8-5-9-16(14)20)18(23)12-24-11-17(22)13-6-3-2-4-7-13/h2-9,17,22H,10-12H2,1H3. The van der Waals surface area contributed by atoms with Crippen molar-refractivity contribution in [2.75, 3.05) is 18.6 Å². The van der Waals surface area contributed by atoms with Gasteiger partial charge in [-0.25, -0.2) is 4.39 Å². The number of aliphatic hydroxyl groups excluding tert-OH is 1. The van der Waals surface area contributed by atoms with Crippen molar-refractivity contribution in [2.45, 2.75) is 12.6 Å². The average Bonchev–Trinajstić information content (AvgIpc) is 2.58. The van der Waals surface area contributed by atoms with E-state index in [-0.39, 0.29) is 18.2 Å². The van der Waals surface area contributed by atoms with Crippen molar-refractivity contribution >= 4 is 29.3 Å². The number of amides is 1. The molecule has 0 saturated heterocycles. The van der Waals surface area contributed by atoms with Crippen molar-refractivity contribution in [3.8, 4) is 0 Å². The highest BCUT2D eigenvalue weighted by atomic mass is 35.5. The molecule has 0 bridgehead atoms. The largest absolute Gasteiger partial charge is 0.388 e. The van der Waals surface area contributed by atoms with E-state index in [1.165, 1.54) is 28.8 Å². The highest BCUT2D eigenvalue weighted by Crippen LogP contribution is 2.21. The minimum atomic E-state index is -0.615. The second kappa shape index (κ2) is 9.06. The number of benzene rings is 2. The lowest BCUT2D eigenvalue weighted by atomic mass is 10.1. The molecule has 6 heteroatoms. The van der Waals surface area contributed by atoms with Gasteiger partial charge in [0.05, 0.1) is 11.9 Å². The third-order valence-corrected chi connectivity index (χ3v) is 4.92. The minimum Gasteiger partial charge on any atom is -0.388 e. The second-order valence-electron chi connectivity index (χ2n) is 5.39. The molecule has 0 aromatic heterocycles. The van der Waals surface area contributed by atoms with Crippen molar-refractivity contribution in [3.05, 3.63) is 70.5 Å². The van der Waals surface area contributed by atoms with Crippen LogP contribution in [-0.2, 0) is 11.3 Å². The van der Waals surface area contributed by atoms with Gasteiger partial charge in [-0.1, -0.05) is 48.0 Å². The SMILES string of the molecule is CN(Cc1c(F)cccc1Cl)C(=O)CSCC(O)c1ccccc1. The van der Waals surface area contributed by atoms with E-state index in [4.69, 9.17) is 11.6 Å². The third kappa shape index (κ3) is 5.23. The molecule has 0 heterocycles. The predicted octanol–water partition coefficient (Wildman–Crippen LogP) is 3.90. The zero-order valence-corrected chi connectivity index (χ0v) is 14.9. The van der Waals surface area contributed by atoms with Gasteiger partial charge in [0.15, 0.2) is 0 Å². The molecule has 0 aliphatic heterocycles. The summed E-state index contributed by atoms with van der Waals surface area (Å²) in [6.07, 6.45) is -0.615. The molecule has 1 N–H and O–H groups in total. The molecule has 24 heavy (non-hydrogen) atoms. The van der Waals surface area contributed by atoms with E-state index >= 15 is 0 Å². The van der Waals surface area contributed by atoms with Crippen molar-refractivity contribution in [1.82, 2.24) is 4.90 Å². The maximum absolute atomic E-state index is 13.8. The summed E-state index contributed by atoms with van der Waals surface area (Å²) in [4.78, 5) is 13.6. The maximum atomic E-state index is 13.8. The van der Waals surface area contributed by atoms with Crippen LogP contribution in [0.4, 0.5) is 4.39 Å². The van der Waals surface area contributed by atoms with Gasteiger partial charge in [-0.2, -0.15) is 0 Å². The van der Waals surface area contributed by atoms with Gasteiger partial charge in [0, 0.05) is 29.9 Å². The molecular weight excluding hydrogens is 349 g/mol. The van der Waals surface area contributed by atoms with Gasteiger partial charge in [-0.15, -0.1) is 11.8 Å². The molecule has 1 unspecified atom stereocenters. The third-order valence-electron chi connectivity index (χ3n) is 3.57. The first kappa shape index (κ1) is 18.8. The summed E-state index contributed by atoms with van der Waals surface area (Å²) in [7, 11) is 1.61. The Morgan fingerprint density at radius 1 is 1.25 bits per heavy atom. The molecule has 2 aromatic rings. The monoisotopic (exact) mass is 367 g/mol. The number of thioether (sulfide) groups is 1. The molecule has 0 saturated carbocycles. The van der Waals surface area contributed by atoms with E-state index in [9.17, 15) is 14.3 Å². The molecule has 2 rings (SSSR count). The quantitative estimate of drug-likeness (QED) is 0.806. The van der Waals surface area contributed by atoms with Gasteiger partial charge < -0.3 is 10.0 Å². The van der Waals surface area contributed by atoms with Crippen LogP contribution in [0.25, 0.3) is 0 Å². The van der Waals surface area contributed by atoms with E-state index in [1.807, 2.05) is 30.3 Å². The first-order valence-electron chi connectivity index (χ1n) is 7.46. The molecule has 1 amide bonds. The summed E-state index contributed by atoms with van der Waals surface area (Å²) >= 11 is 7.32. The summed E-state index contributed by atoms with van der Waals surface area (Å²) < 4.78 is 13.8. The highest BCUT2D eigenvalue weighted by Gasteiger charge is 2.15. The molecule has 3 nitrogen and oxygen atoms in total. The van der Waals surface area contributed by atoms with Crippen LogP contribution in [0.2, 0.25) is 5.02 Å². The van der Waals surface area contributed by atoms with Gasteiger partial charge in [-0.05, 0) is 17.7 Å². The van der Waals surface area contributed by atoms with E-state index in [0.29, 0.717) is 16.3 Å². The molecular formula is C18H19ClFNO2S. The van der Waals surface area contributed by atoms with Gasteiger partial charge >= 0.3 is 0 Å². The fourth-order valence-corrected chi connectivity index (χ4v) is 3.30. The number of carbonyl (C=O) groups excluding carboxylic acids is 1. The van der Waals surface area contributed by atoms with Crippen LogP contribution in [0.3, 0.4) is 0 Å². The van der Waals surface area contributed by atoms with Crippen LogP contribution in [0.15, 0.2) is 48.5 Å². The summed E-state index contributed by atoms with van der Waals surface area (Å²) in [5.74, 6) is 0.0742. The van der Waals surface area contributed by atoms with Crippen molar-refractivity contribution < 1.29 is 14.3 Å². The number of carbonyl (C=O) groups is 1. The smallest absolute Gasteiger partial charge is 0.232 e. The Labute approximate surface area is 150 Å². The lowest BCUT2D eigenvalue weighted by Gasteiger charge is -2.19. The van der Waals surface area contributed by atoms with Crippen LogP contribution < -0.4 is 0 Å². The Hall–Kier alpha value is -1.56. The van der Waals surface area contributed by atoms with Gasteiger partial charge in [0.1, 0.15) is 5.82 Å². The summed E-state index contributed by atoms with van der Waals surface area (Å²) in [5.41, 5.74) is 1.13. The Balaban J connectivity index is 1.82. The topological polar surface area (TPSA) is 40.5 Å². The molecule has 2 aromatic carbocycles. The molecule has 0 fully saturated rings. The van der Waals surface area contributed by atoms with E-state index in [2.05, 4.69) is 0 Å². The molecule has 1 atom stereocenters. The number of hydrogen-bond acceptors (Lipinski definition) is 3. The molecule has 128 valence electrons. The van der Waals surface area contributed by atoms with Crippen LogP contribution in [0.1, 0.15) is 17.2 Å². The number of halogens is 2. The van der Waals surface area contributed by atoms with E-state index < -0.39 is 11.9 Å². The van der Waals surface area contributed by atoms with Gasteiger partial charge in [0.2, 0.25) is 5.91 Å². The fraction of sp³-hybridized carbons (Fsp3) is 0.278. The average molecular weight is 368 g/mol. The normalized spacial score (nSPS) is 12.0. The number of nitrogens with zero attached hydrogens (tertiary/aromatic N) is 1. The lowest BCUT2D eigenvalue weighted by Crippen LogP contribution is -2.28. The zero-order valence-electron chi connectivity index (χ0n) is 13.3. The van der Waals surface area contributed by atoms with Crippen molar-refractivity contribution in [3.63, 3.8) is 0 Å². The summed E-state index contributed by atoms with van der Waals surface area (Å²) in [6, 6.07) is 13.8. The number of rotatable bonds is 7. The molecule has 0 radical (unpaired) electrons. The van der Waals surface area contributed by atoms with E-state index in [1.54, 1.807) is 13.1 Å². The Morgan fingerprint density at radius 3 is 2.62 bits per heavy atom. The molecule has 0 aliphatic rings. The Kier molecular flexibility index (Phi) is 7.09. The van der Waals surface area contributed by atoms with Gasteiger partial charge in [-0.3, -0.25) is 4.79 Å². The van der Waals surface area contributed by atoms with Crippen LogP contribution in [0, 0.1) is 5.82 Å². The van der Waals surface area contributed by atoms with Crippen molar-refractivity contribution in [2.24, 2.45) is 0 Å². The van der Waals surface area contributed by atoms with Crippen molar-refractivity contribution in [1.29, 1.82) is 0 Å². The number of hydrogen-bond donors (Lipinski definition) is 1. The van der Waals surface area contributed by atoms with Crippen LogP contribution in [0.5, 0.6) is 0 Å². The first-order valence-corrected chi connectivity index (χ1v) is 9.00. The Morgan fingerprint density at radius 2 is 1.96 bits per heavy atom. The summed E-state index contributed by atoms with van der Waals surface area (Å²) in [6.45, 7) is 0.117. The predicted molar refractivity (Wildman–Crippen MR) is 96.6 cm³/mol. The minimum absolute atomic E-state index is 0.117. The fourth-order valence-electron chi connectivity index (χ4n) is 2.15. The maximum Gasteiger partial charge on any atom is 0.232 e. The Bertz CT molecular complexity index is 664. The van der Waals surface area contributed by atoms with Gasteiger partial charge in [0.25, 0.3) is 0 Å². The van der Waals surface area contributed by atoms with E-state index in [0.717, 1.165) is 5.56 Å². The second-order valence-corrected chi connectivity index (χ2v) is 6.83. The first-order chi connectivity index (χ1) is 11.5. The zero-order chi connectivity index (χ0) is 17.5. The lowest BCUT2D eigenvalue weighted by molar-refractivity contribution is -0.127. The summed E-state index contributed by atoms with van der Waals surface area (Å²) in [5, 5.41) is 10.4. The molecule has 0 aliphatic carbocycles. The van der Waals surface area contributed by atoms with Crippen LogP contribution in [-0.4, -0.2) is 34.5 Å². The highest BCUT2D eigenvalue weighted by molar-refractivity contribution is 7.99. The number of aliphatic hydroxyl groups is 1. The molecule has 0 spiro atoms. The van der Waals surface area contributed by atoms with Crippen LogP contribution >= 0.6 is 23.4 Å².